The smallest absolute Gasteiger partial charge is 0.312 e. The standard InChI is InChI=1S/C8H12O3/c1-8(7(9)10)4-5-2-3-6(8)11-5/h5-6H,2-4H2,1H3,(H,9,10)/t5-,6-,8-/m1/s1. The fraction of sp³-hybridized carbons (Fsp3) is 0.875. The Hall–Kier alpha value is -0.570. The second-order valence-corrected chi connectivity index (χ2v) is 3.75. The maximum atomic E-state index is 10.8. The third-order valence-corrected chi connectivity index (χ3v) is 2.96. The number of rotatable bonds is 1. The molecule has 1 N–H and O–H groups in total. The molecule has 0 aromatic heterocycles. The molecule has 0 aromatic rings. The van der Waals surface area contributed by atoms with Crippen molar-refractivity contribution in [2.75, 3.05) is 0 Å². The quantitative estimate of drug-likeness (QED) is 0.616. The van der Waals surface area contributed by atoms with Crippen LogP contribution in [0.2, 0.25) is 0 Å². The summed E-state index contributed by atoms with van der Waals surface area (Å²) in [6.07, 6.45) is 2.87. The molecule has 62 valence electrons. The molecule has 3 atom stereocenters. The lowest BCUT2D eigenvalue weighted by Gasteiger charge is -2.25. The van der Waals surface area contributed by atoms with E-state index in [2.05, 4.69) is 0 Å². The van der Waals surface area contributed by atoms with Crippen LogP contribution in [0.25, 0.3) is 0 Å². The Morgan fingerprint density at radius 1 is 1.64 bits per heavy atom. The number of carboxylic acids is 1. The molecule has 2 rings (SSSR count). The van der Waals surface area contributed by atoms with Gasteiger partial charge in [-0.3, -0.25) is 4.79 Å². The fourth-order valence-corrected chi connectivity index (χ4v) is 2.15. The normalized spacial score (nSPS) is 48.1. The lowest BCUT2D eigenvalue weighted by atomic mass is 9.76. The first-order chi connectivity index (χ1) is 5.13. The zero-order valence-electron chi connectivity index (χ0n) is 6.54. The van der Waals surface area contributed by atoms with Gasteiger partial charge >= 0.3 is 5.97 Å². The van der Waals surface area contributed by atoms with Crippen LogP contribution in [0.4, 0.5) is 0 Å². The number of hydrogen-bond donors (Lipinski definition) is 1. The van der Waals surface area contributed by atoms with E-state index in [1.54, 1.807) is 6.92 Å². The molecule has 2 fully saturated rings. The minimum atomic E-state index is -0.704. The number of ether oxygens (including phenoxy) is 1. The van der Waals surface area contributed by atoms with Crippen LogP contribution in [0.3, 0.4) is 0 Å². The van der Waals surface area contributed by atoms with Gasteiger partial charge in [0.15, 0.2) is 0 Å². The van der Waals surface area contributed by atoms with Gasteiger partial charge in [-0.1, -0.05) is 0 Å². The van der Waals surface area contributed by atoms with Crippen LogP contribution in [-0.2, 0) is 9.53 Å². The number of hydrogen-bond acceptors (Lipinski definition) is 2. The van der Waals surface area contributed by atoms with Crippen LogP contribution >= 0.6 is 0 Å². The number of fused-ring (bicyclic) bond motifs is 2. The van der Waals surface area contributed by atoms with Crippen molar-refractivity contribution < 1.29 is 14.6 Å². The minimum Gasteiger partial charge on any atom is -0.481 e. The van der Waals surface area contributed by atoms with Gasteiger partial charge in [0.1, 0.15) is 0 Å². The van der Waals surface area contributed by atoms with Gasteiger partial charge in [-0.05, 0) is 26.2 Å². The first-order valence-corrected chi connectivity index (χ1v) is 4.02. The Bertz CT molecular complexity index is 202. The number of carbonyl (C=O) groups is 1. The van der Waals surface area contributed by atoms with Gasteiger partial charge in [0.2, 0.25) is 0 Å². The summed E-state index contributed by atoms with van der Waals surface area (Å²) in [7, 11) is 0. The van der Waals surface area contributed by atoms with Gasteiger partial charge in [-0.25, -0.2) is 0 Å². The predicted octanol–water partition coefficient (Wildman–Crippen LogP) is 1.03. The number of carboxylic acid groups (broad SMARTS) is 1. The Morgan fingerprint density at radius 2 is 2.36 bits per heavy atom. The molecule has 2 saturated heterocycles. The molecule has 11 heavy (non-hydrogen) atoms. The van der Waals surface area contributed by atoms with Crippen LogP contribution in [-0.4, -0.2) is 23.3 Å². The average molecular weight is 156 g/mol. The van der Waals surface area contributed by atoms with Crippen molar-refractivity contribution in [3.05, 3.63) is 0 Å². The van der Waals surface area contributed by atoms with Crippen molar-refractivity contribution in [1.82, 2.24) is 0 Å². The summed E-state index contributed by atoms with van der Waals surface area (Å²) >= 11 is 0. The monoisotopic (exact) mass is 156 g/mol. The highest BCUT2D eigenvalue weighted by Crippen LogP contribution is 2.47. The molecule has 2 heterocycles. The molecule has 2 bridgehead atoms. The van der Waals surface area contributed by atoms with Crippen LogP contribution < -0.4 is 0 Å². The molecular weight excluding hydrogens is 144 g/mol. The molecule has 2 aliphatic rings. The maximum absolute atomic E-state index is 10.8. The summed E-state index contributed by atoms with van der Waals surface area (Å²) in [5.74, 6) is -0.704. The van der Waals surface area contributed by atoms with Crippen molar-refractivity contribution in [3.8, 4) is 0 Å². The lowest BCUT2D eigenvalue weighted by Crippen LogP contribution is -2.37. The van der Waals surface area contributed by atoms with E-state index in [1.807, 2.05) is 0 Å². The molecule has 0 unspecified atom stereocenters. The highest BCUT2D eigenvalue weighted by atomic mass is 16.5. The average Bonchev–Trinajstić information content (AvgIpc) is 2.45. The Balaban J connectivity index is 2.23. The molecule has 0 amide bonds. The lowest BCUT2D eigenvalue weighted by molar-refractivity contribution is -0.150. The Labute approximate surface area is 65.4 Å². The molecule has 0 radical (unpaired) electrons. The Morgan fingerprint density at radius 3 is 2.64 bits per heavy atom. The highest BCUT2D eigenvalue weighted by Gasteiger charge is 2.54. The molecule has 3 nitrogen and oxygen atoms in total. The first-order valence-electron chi connectivity index (χ1n) is 4.02. The molecule has 0 spiro atoms. The predicted molar refractivity (Wildman–Crippen MR) is 38.3 cm³/mol. The van der Waals surface area contributed by atoms with Crippen molar-refractivity contribution in [3.63, 3.8) is 0 Å². The van der Waals surface area contributed by atoms with Crippen molar-refractivity contribution in [2.24, 2.45) is 5.41 Å². The second kappa shape index (κ2) is 1.97. The van der Waals surface area contributed by atoms with Gasteiger partial charge in [0.25, 0.3) is 0 Å². The summed E-state index contributed by atoms with van der Waals surface area (Å²) in [4.78, 5) is 10.8. The van der Waals surface area contributed by atoms with Crippen LogP contribution in [0.15, 0.2) is 0 Å². The van der Waals surface area contributed by atoms with E-state index in [1.165, 1.54) is 0 Å². The minimum absolute atomic E-state index is 0.0231. The van der Waals surface area contributed by atoms with E-state index in [0.29, 0.717) is 6.42 Å². The largest absolute Gasteiger partial charge is 0.481 e. The van der Waals surface area contributed by atoms with Crippen molar-refractivity contribution in [2.45, 2.75) is 38.4 Å². The van der Waals surface area contributed by atoms with Gasteiger partial charge in [0, 0.05) is 0 Å². The van der Waals surface area contributed by atoms with E-state index < -0.39 is 11.4 Å². The van der Waals surface area contributed by atoms with Gasteiger partial charge < -0.3 is 9.84 Å². The Kier molecular flexibility index (Phi) is 1.27. The summed E-state index contributed by atoms with van der Waals surface area (Å²) in [5.41, 5.74) is -0.594. The van der Waals surface area contributed by atoms with Gasteiger partial charge in [-0.15, -0.1) is 0 Å². The zero-order valence-corrected chi connectivity index (χ0v) is 6.54. The van der Waals surface area contributed by atoms with E-state index in [4.69, 9.17) is 9.84 Å². The molecule has 0 aliphatic carbocycles. The molecule has 3 heteroatoms. The van der Waals surface area contributed by atoms with Gasteiger partial charge in [0.05, 0.1) is 17.6 Å². The van der Waals surface area contributed by atoms with E-state index in [0.717, 1.165) is 12.8 Å². The molecular formula is C8H12O3. The van der Waals surface area contributed by atoms with E-state index in [9.17, 15) is 4.79 Å². The molecule has 0 aromatic carbocycles. The van der Waals surface area contributed by atoms with Crippen LogP contribution in [0, 0.1) is 5.41 Å². The van der Waals surface area contributed by atoms with Crippen molar-refractivity contribution >= 4 is 5.97 Å². The second-order valence-electron chi connectivity index (χ2n) is 3.75. The van der Waals surface area contributed by atoms with E-state index >= 15 is 0 Å². The van der Waals surface area contributed by atoms with Gasteiger partial charge in [-0.2, -0.15) is 0 Å². The number of aliphatic carboxylic acids is 1. The third-order valence-electron chi connectivity index (χ3n) is 2.96. The van der Waals surface area contributed by atoms with Crippen LogP contribution in [0.1, 0.15) is 26.2 Å². The summed E-state index contributed by atoms with van der Waals surface area (Å²) < 4.78 is 5.47. The SMILES string of the molecule is C[C@@]1(C(=O)O)C[C@H]2CC[C@H]1O2. The first kappa shape index (κ1) is 7.10. The molecule has 2 aliphatic heterocycles. The van der Waals surface area contributed by atoms with Crippen LogP contribution in [0.5, 0.6) is 0 Å². The van der Waals surface area contributed by atoms with Crippen molar-refractivity contribution in [1.29, 1.82) is 0 Å². The zero-order chi connectivity index (χ0) is 8.06. The fourth-order valence-electron chi connectivity index (χ4n) is 2.15. The maximum Gasteiger partial charge on any atom is 0.312 e. The summed E-state index contributed by atoms with van der Waals surface area (Å²) in [5, 5.41) is 8.91. The molecule has 0 saturated carbocycles. The van der Waals surface area contributed by atoms with E-state index in [-0.39, 0.29) is 12.2 Å². The topological polar surface area (TPSA) is 46.5 Å². The summed E-state index contributed by atoms with van der Waals surface area (Å²) in [6.45, 7) is 1.79. The third kappa shape index (κ3) is 0.805. The highest BCUT2D eigenvalue weighted by molar-refractivity contribution is 5.75. The summed E-state index contributed by atoms with van der Waals surface area (Å²) in [6, 6.07) is 0.